The first-order valence-electron chi connectivity index (χ1n) is 28.0. The molecule has 4 amide bonds. The summed E-state index contributed by atoms with van der Waals surface area (Å²) in [7, 11) is 0. The Bertz CT molecular complexity index is 2370. The maximum absolute atomic E-state index is 14.5. The number of amides is 4. The van der Waals surface area contributed by atoms with Gasteiger partial charge in [0.25, 0.3) is 5.91 Å². The number of fused-ring (bicyclic) bond motifs is 2. The third-order valence-electron chi connectivity index (χ3n) is 16.2. The molecule has 1 aromatic rings. The highest BCUT2D eigenvalue weighted by Gasteiger charge is 2.51. The van der Waals surface area contributed by atoms with Gasteiger partial charge in [-0.25, -0.2) is 9.82 Å². The molecule has 5 rings (SSSR count). The van der Waals surface area contributed by atoms with Gasteiger partial charge in [-0.05, 0) is 106 Å². The SMILES string of the molecule is CC[C@H]1C[C@H](C)[C@@]2(NC1=O)O[C@@H](C[C@H](O)[C@@H](C)CCC=CC=C(C)[C@@H]1CC=CC=C[C@H](O)[C@H](C)[C@@H](O)[C@@H](CCC(C)=O)C(=O)N[C@@H](C(C)C)C(=O)N[C@@H](Cc3cccc(F)c3)C(=O)N3CCCC(N3)C(=O)O1)[C@H](C)C=C2C. The standard InChI is InChI=1S/C60H88FN5O11/c1-11-44-31-40(8)60(64-55(44)71)39(7)30-38(6)52(77-60)34-50(69)36(4)20-14-12-15-21-37(5)51-26-17-13-16-25-49(68)42(10)54(70)46(28-27-41(9)67)56(72)63-53(35(2)3)57(73)62-48(33-43-22-18-23-45(61)32-43)58(74)66-29-19-24-47(65-66)59(75)76-51/h12-13,15-18,21-23,25,30,32,35-36,38,40,42,44,46-54,65,68-70H,11,14,19-20,24,26-29,31,33-34H2,1-10H3,(H,62,73)(H,63,72)(H,64,71)/t36-,38+,40-,42-,44-,46+,47?,48-,49-,50-,51-,52-,53-,54+,60-/m0/s1. The van der Waals surface area contributed by atoms with Gasteiger partial charge in [-0.15, -0.1) is 0 Å². The van der Waals surface area contributed by atoms with E-state index in [9.17, 15) is 48.5 Å². The van der Waals surface area contributed by atoms with Crippen LogP contribution in [0.4, 0.5) is 4.39 Å². The summed E-state index contributed by atoms with van der Waals surface area (Å²) in [6.45, 7) is 18.6. The van der Waals surface area contributed by atoms with E-state index in [0.717, 1.165) is 18.4 Å². The number of rotatable bonds is 15. The monoisotopic (exact) mass is 1070 g/mol. The number of hydrazine groups is 1. The van der Waals surface area contributed by atoms with Crippen molar-refractivity contribution in [3.8, 4) is 0 Å². The first kappa shape index (κ1) is 62.5. The average molecular weight is 1070 g/mol. The van der Waals surface area contributed by atoms with Crippen LogP contribution in [0, 0.1) is 47.2 Å². The molecular weight excluding hydrogens is 986 g/mol. The van der Waals surface area contributed by atoms with Crippen LogP contribution in [0.3, 0.4) is 0 Å². The Hall–Kier alpha value is -5.33. The molecule has 15 atom stereocenters. The number of hydrogen-bond donors (Lipinski definition) is 7. The van der Waals surface area contributed by atoms with Crippen molar-refractivity contribution < 1.29 is 58.0 Å². The number of cyclic esters (lactones) is 1. The maximum Gasteiger partial charge on any atom is 0.325 e. The van der Waals surface area contributed by atoms with E-state index in [0.29, 0.717) is 43.2 Å². The van der Waals surface area contributed by atoms with Crippen molar-refractivity contribution in [1.82, 2.24) is 26.4 Å². The van der Waals surface area contributed by atoms with Crippen LogP contribution in [0.25, 0.3) is 0 Å². The van der Waals surface area contributed by atoms with E-state index < -0.39 is 95.5 Å². The van der Waals surface area contributed by atoms with Crippen LogP contribution >= 0.6 is 0 Å². The highest BCUT2D eigenvalue weighted by atomic mass is 19.1. The van der Waals surface area contributed by atoms with Gasteiger partial charge in [0.1, 0.15) is 35.8 Å². The lowest BCUT2D eigenvalue weighted by Gasteiger charge is -2.51. The lowest BCUT2D eigenvalue weighted by atomic mass is 9.75. The van der Waals surface area contributed by atoms with E-state index >= 15 is 0 Å². The van der Waals surface area contributed by atoms with Gasteiger partial charge in [-0.1, -0.05) is 109 Å². The molecule has 77 heavy (non-hydrogen) atoms. The molecule has 1 aromatic carbocycles. The number of Topliss-reactive ketones (excluding diaryl/α,β-unsaturated/α-hetero) is 1. The lowest BCUT2D eigenvalue weighted by molar-refractivity contribution is -0.179. The van der Waals surface area contributed by atoms with Crippen LogP contribution in [-0.2, 0) is 44.7 Å². The van der Waals surface area contributed by atoms with E-state index in [4.69, 9.17) is 9.47 Å². The normalized spacial score (nSPS) is 32.4. The summed E-state index contributed by atoms with van der Waals surface area (Å²) < 4.78 is 27.4. The highest BCUT2D eigenvalue weighted by Crippen LogP contribution is 2.43. The van der Waals surface area contributed by atoms with Crippen LogP contribution in [0.2, 0.25) is 0 Å². The molecule has 1 spiro atoms. The zero-order chi connectivity index (χ0) is 56.7. The molecular formula is C60H88FN5O11. The molecule has 4 heterocycles. The summed E-state index contributed by atoms with van der Waals surface area (Å²) in [5.41, 5.74) is 4.27. The number of piperidine rings is 1. The second-order valence-corrected chi connectivity index (χ2v) is 22.6. The number of allylic oxidation sites excluding steroid dienone is 5. The molecule has 17 heteroatoms. The van der Waals surface area contributed by atoms with Crippen LogP contribution in [0.1, 0.15) is 139 Å². The Morgan fingerprint density at radius 3 is 2.44 bits per heavy atom. The van der Waals surface area contributed by atoms with E-state index in [1.165, 1.54) is 36.2 Å². The number of ether oxygens (including phenoxy) is 2. The van der Waals surface area contributed by atoms with Gasteiger partial charge in [0.2, 0.25) is 17.7 Å². The number of esters is 1. The number of ketones is 1. The van der Waals surface area contributed by atoms with Crippen molar-refractivity contribution in [2.45, 2.75) is 194 Å². The van der Waals surface area contributed by atoms with E-state index in [1.807, 2.05) is 45.9 Å². The highest BCUT2D eigenvalue weighted by molar-refractivity contribution is 5.93. The molecule has 2 fully saturated rings. The van der Waals surface area contributed by atoms with E-state index in [1.54, 1.807) is 45.1 Å². The number of aliphatic hydroxyl groups excluding tert-OH is 3. The molecule has 426 valence electrons. The molecule has 16 nitrogen and oxygen atoms in total. The predicted molar refractivity (Wildman–Crippen MR) is 292 cm³/mol. The van der Waals surface area contributed by atoms with Crippen LogP contribution in [0.5, 0.6) is 0 Å². The Labute approximate surface area is 455 Å². The zero-order valence-corrected chi connectivity index (χ0v) is 47.0. The number of aliphatic hydroxyl groups is 3. The fraction of sp³-hybridized carbons (Fsp3) is 0.633. The number of carbonyl (C=O) groups is 6. The summed E-state index contributed by atoms with van der Waals surface area (Å²) in [6.07, 6.45) is 14.1. The van der Waals surface area contributed by atoms with Crippen molar-refractivity contribution in [1.29, 1.82) is 0 Å². The lowest BCUT2D eigenvalue weighted by Crippen LogP contribution is -2.64. The first-order chi connectivity index (χ1) is 36.5. The van der Waals surface area contributed by atoms with E-state index in [-0.39, 0.29) is 73.7 Å². The predicted octanol–water partition coefficient (Wildman–Crippen LogP) is 6.79. The summed E-state index contributed by atoms with van der Waals surface area (Å²) >= 11 is 0. The van der Waals surface area contributed by atoms with Gasteiger partial charge in [0, 0.05) is 55.9 Å². The molecule has 1 unspecified atom stereocenters. The number of benzene rings is 1. The topological polar surface area (TPSA) is 233 Å². The van der Waals surface area contributed by atoms with Crippen molar-refractivity contribution in [2.75, 3.05) is 6.54 Å². The summed E-state index contributed by atoms with van der Waals surface area (Å²) in [5, 5.41) is 44.3. The number of hydrogen-bond acceptors (Lipinski definition) is 12. The fourth-order valence-corrected chi connectivity index (χ4v) is 10.9. The largest absolute Gasteiger partial charge is 0.456 e. The van der Waals surface area contributed by atoms with Crippen LogP contribution in [-0.4, -0.2) is 117 Å². The Kier molecular flexibility index (Phi) is 23.6. The van der Waals surface area contributed by atoms with Crippen LogP contribution in [0.15, 0.2) is 84.0 Å². The third kappa shape index (κ3) is 17.1. The van der Waals surface area contributed by atoms with Crippen LogP contribution < -0.4 is 21.4 Å². The smallest absolute Gasteiger partial charge is 0.325 e. The Balaban J connectivity index is 1.35. The van der Waals surface area contributed by atoms with Gasteiger partial charge in [-0.3, -0.25) is 29.0 Å². The minimum atomic E-state index is -1.44. The second-order valence-electron chi connectivity index (χ2n) is 22.6. The van der Waals surface area contributed by atoms with Gasteiger partial charge < -0.3 is 45.5 Å². The van der Waals surface area contributed by atoms with Gasteiger partial charge in [0.15, 0.2) is 5.72 Å². The van der Waals surface area contributed by atoms with Gasteiger partial charge in [0.05, 0.1) is 30.3 Å². The number of nitrogens with one attached hydrogen (secondary N) is 4. The molecule has 2 saturated heterocycles. The van der Waals surface area contributed by atoms with Crippen molar-refractivity contribution in [2.24, 2.45) is 41.4 Å². The molecule has 0 aromatic heterocycles. The minimum Gasteiger partial charge on any atom is -0.456 e. The van der Waals surface area contributed by atoms with Crippen molar-refractivity contribution >= 4 is 35.4 Å². The minimum absolute atomic E-state index is 0.00560. The molecule has 4 aliphatic rings. The molecule has 7 N–H and O–H groups in total. The Morgan fingerprint density at radius 2 is 1.75 bits per heavy atom. The Morgan fingerprint density at radius 1 is 1.01 bits per heavy atom. The number of nitrogens with zero attached hydrogens (tertiary/aromatic N) is 1. The number of halogens is 1. The third-order valence-corrected chi connectivity index (χ3v) is 16.2. The zero-order valence-electron chi connectivity index (χ0n) is 47.0. The maximum atomic E-state index is 14.5. The van der Waals surface area contributed by atoms with Crippen molar-refractivity contribution in [3.63, 3.8) is 0 Å². The average Bonchev–Trinajstić information content (AvgIpc) is 3.38. The van der Waals surface area contributed by atoms with E-state index in [2.05, 4.69) is 41.3 Å². The quantitative estimate of drug-likeness (QED) is 0.0547. The fourth-order valence-electron chi connectivity index (χ4n) is 10.9. The second kappa shape index (κ2) is 29.0. The van der Waals surface area contributed by atoms with Gasteiger partial charge in [-0.2, -0.15) is 0 Å². The molecule has 4 aliphatic heterocycles. The van der Waals surface area contributed by atoms with Crippen molar-refractivity contribution in [3.05, 3.63) is 95.4 Å². The molecule has 0 aliphatic carbocycles. The number of carbonyl (C=O) groups excluding carboxylic acids is 6. The summed E-state index contributed by atoms with van der Waals surface area (Å²) in [4.78, 5) is 82.0. The molecule has 0 radical (unpaired) electrons. The summed E-state index contributed by atoms with van der Waals surface area (Å²) in [5.74, 6) is -5.98. The van der Waals surface area contributed by atoms with Gasteiger partial charge >= 0.3 is 5.97 Å². The molecule has 0 saturated carbocycles. The molecule has 2 bridgehead atoms. The first-order valence-corrected chi connectivity index (χ1v) is 28.0. The summed E-state index contributed by atoms with van der Waals surface area (Å²) in [6, 6.07) is 2.20.